The number of rotatable bonds is 7. The van der Waals surface area contributed by atoms with Crippen molar-refractivity contribution in [2.75, 3.05) is 0 Å². The van der Waals surface area contributed by atoms with Crippen LogP contribution in [0.4, 0.5) is 4.39 Å². The topological polar surface area (TPSA) is 56.0 Å². The second-order valence-corrected chi connectivity index (χ2v) is 14.4. The summed E-state index contributed by atoms with van der Waals surface area (Å²) in [6, 6.07) is 4.83. The molecule has 1 aromatic heterocycles. The standard InChI is InChI=1S/C17H28BrFN2OSSi/c1-7-24(8-2,9-3)13-10-14(18)21-16(15(13)19)12(4)11-17(5,6)23(20)22/h10-11H,7-9,20H2,1-6H3. The molecule has 1 aromatic rings. The molecule has 1 unspecified atom stereocenters. The molecule has 0 aromatic carbocycles. The van der Waals surface area contributed by atoms with Crippen LogP contribution < -0.4 is 10.3 Å². The SMILES string of the molecule is CC[Si](CC)(CC)c1cc(Br)nc(C(C)=CC(C)(C)S(N)=O)c1F. The molecule has 0 fully saturated rings. The molecule has 0 aliphatic rings. The Labute approximate surface area is 157 Å². The Morgan fingerprint density at radius 1 is 1.38 bits per heavy atom. The van der Waals surface area contributed by atoms with Crippen LogP contribution in [0.5, 0.6) is 0 Å². The maximum atomic E-state index is 15.3. The summed E-state index contributed by atoms with van der Waals surface area (Å²) in [7, 11) is -3.42. The van der Waals surface area contributed by atoms with E-state index in [1.165, 1.54) is 0 Å². The van der Waals surface area contributed by atoms with Gasteiger partial charge in [0.1, 0.15) is 16.1 Å². The zero-order valence-corrected chi connectivity index (χ0v) is 18.8. The normalized spacial score (nSPS) is 14.8. The van der Waals surface area contributed by atoms with Crippen LogP contribution in [0.2, 0.25) is 18.1 Å². The fourth-order valence-corrected chi connectivity index (χ4v) is 7.69. The van der Waals surface area contributed by atoms with Gasteiger partial charge in [0.25, 0.3) is 0 Å². The minimum absolute atomic E-state index is 0.234. The van der Waals surface area contributed by atoms with E-state index < -0.39 is 23.8 Å². The van der Waals surface area contributed by atoms with E-state index in [0.717, 1.165) is 23.3 Å². The van der Waals surface area contributed by atoms with E-state index in [1.54, 1.807) is 26.8 Å². The molecule has 0 saturated carbocycles. The first-order valence-corrected chi connectivity index (χ1v) is 12.9. The van der Waals surface area contributed by atoms with Crippen LogP contribution in [0.3, 0.4) is 0 Å². The third-order valence-electron chi connectivity index (χ3n) is 4.98. The highest BCUT2D eigenvalue weighted by Gasteiger charge is 2.34. The molecule has 0 radical (unpaired) electrons. The zero-order chi connectivity index (χ0) is 18.7. The maximum Gasteiger partial charge on any atom is 0.148 e. The predicted molar refractivity (Wildman–Crippen MR) is 109 cm³/mol. The molecule has 0 aliphatic heterocycles. The molecule has 1 atom stereocenters. The van der Waals surface area contributed by atoms with Crippen molar-refractivity contribution in [1.29, 1.82) is 0 Å². The first kappa shape index (κ1) is 21.7. The fraction of sp³-hybridized carbons (Fsp3) is 0.588. The van der Waals surface area contributed by atoms with Gasteiger partial charge in [-0.05, 0) is 53.5 Å². The van der Waals surface area contributed by atoms with Gasteiger partial charge in [-0.1, -0.05) is 45.0 Å². The van der Waals surface area contributed by atoms with Gasteiger partial charge in [-0.2, -0.15) is 0 Å². The van der Waals surface area contributed by atoms with E-state index in [1.807, 2.05) is 6.07 Å². The molecule has 0 saturated heterocycles. The van der Waals surface area contributed by atoms with Crippen molar-refractivity contribution < 1.29 is 8.60 Å². The summed E-state index contributed by atoms with van der Waals surface area (Å²) in [5.74, 6) is -0.234. The average molecular weight is 435 g/mol. The number of pyridine rings is 1. The van der Waals surface area contributed by atoms with Gasteiger partial charge in [0.2, 0.25) is 0 Å². The van der Waals surface area contributed by atoms with E-state index in [2.05, 4.69) is 41.7 Å². The Bertz CT molecular complexity index is 652. The van der Waals surface area contributed by atoms with E-state index >= 15 is 4.39 Å². The third kappa shape index (κ3) is 4.42. The van der Waals surface area contributed by atoms with Crippen molar-refractivity contribution in [2.45, 2.75) is 64.4 Å². The highest BCUT2D eigenvalue weighted by Crippen LogP contribution is 2.27. The number of aromatic nitrogens is 1. The van der Waals surface area contributed by atoms with Gasteiger partial charge in [0.05, 0.1) is 23.8 Å². The smallest absolute Gasteiger partial charge is 0.148 e. The largest absolute Gasteiger partial charge is 0.251 e. The third-order valence-corrected chi connectivity index (χ3v) is 12.1. The summed E-state index contributed by atoms with van der Waals surface area (Å²) in [5, 5.41) is 6.36. The highest BCUT2D eigenvalue weighted by atomic mass is 79.9. The van der Waals surface area contributed by atoms with E-state index in [4.69, 9.17) is 5.14 Å². The number of halogens is 2. The van der Waals surface area contributed by atoms with Crippen molar-refractivity contribution in [1.82, 2.24) is 4.98 Å². The first-order valence-electron chi connectivity index (χ1n) is 8.27. The molecule has 1 rings (SSSR count). The molecule has 7 heteroatoms. The monoisotopic (exact) mass is 434 g/mol. The number of hydrogen-bond donors (Lipinski definition) is 1. The van der Waals surface area contributed by atoms with Crippen LogP contribution >= 0.6 is 15.9 Å². The van der Waals surface area contributed by atoms with Gasteiger partial charge >= 0.3 is 0 Å². The summed E-state index contributed by atoms with van der Waals surface area (Å²) >= 11 is 3.44. The van der Waals surface area contributed by atoms with E-state index in [-0.39, 0.29) is 5.82 Å². The molecule has 3 nitrogen and oxygen atoms in total. The van der Waals surface area contributed by atoms with Crippen LogP contribution in [0.1, 0.15) is 47.2 Å². The van der Waals surface area contributed by atoms with Crippen molar-refractivity contribution >= 4 is 45.7 Å². The second kappa shape index (κ2) is 8.34. The molecule has 0 bridgehead atoms. The van der Waals surface area contributed by atoms with Crippen LogP contribution in [0.15, 0.2) is 16.7 Å². The van der Waals surface area contributed by atoms with Crippen LogP contribution in [-0.2, 0) is 11.0 Å². The number of nitrogens with two attached hydrogens (primary N) is 1. The Balaban J connectivity index is 3.59. The van der Waals surface area contributed by atoms with E-state index in [0.29, 0.717) is 15.9 Å². The van der Waals surface area contributed by atoms with Gasteiger partial charge in [-0.15, -0.1) is 0 Å². The van der Waals surface area contributed by atoms with Crippen molar-refractivity contribution in [3.8, 4) is 0 Å². The molecular formula is C17H28BrFN2OSSi. The highest BCUT2D eigenvalue weighted by molar-refractivity contribution is 9.10. The Hall–Kier alpha value is -0.373. The Morgan fingerprint density at radius 2 is 1.88 bits per heavy atom. The number of allylic oxidation sites excluding steroid dienone is 1. The van der Waals surface area contributed by atoms with Crippen LogP contribution in [-0.4, -0.2) is 22.0 Å². The van der Waals surface area contributed by atoms with Crippen molar-refractivity contribution in [3.05, 3.63) is 28.3 Å². The van der Waals surface area contributed by atoms with E-state index in [9.17, 15) is 4.21 Å². The van der Waals surface area contributed by atoms with Crippen LogP contribution in [0.25, 0.3) is 5.57 Å². The Morgan fingerprint density at radius 3 is 2.29 bits per heavy atom. The molecule has 2 N–H and O–H groups in total. The van der Waals surface area contributed by atoms with Gasteiger partial charge in [0.15, 0.2) is 0 Å². The van der Waals surface area contributed by atoms with Gasteiger partial charge in [-0.3, -0.25) is 5.14 Å². The fourth-order valence-electron chi connectivity index (χ4n) is 3.11. The Kier molecular flexibility index (Phi) is 7.53. The summed E-state index contributed by atoms with van der Waals surface area (Å²) < 4.78 is 26.9. The first-order chi connectivity index (χ1) is 11.0. The number of nitrogens with zero attached hydrogens (tertiary/aromatic N) is 1. The minimum atomic E-state index is -1.88. The maximum absolute atomic E-state index is 15.3. The van der Waals surface area contributed by atoms with Gasteiger partial charge < -0.3 is 0 Å². The lowest BCUT2D eigenvalue weighted by molar-refractivity contribution is 0.622. The average Bonchev–Trinajstić information content (AvgIpc) is 2.51. The van der Waals surface area contributed by atoms with Gasteiger partial charge in [0, 0.05) is 0 Å². The molecule has 1 heterocycles. The van der Waals surface area contributed by atoms with Crippen molar-refractivity contribution in [2.24, 2.45) is 5.14 Å². The quantitative estimate of drug-likeness (QED) is 0.506. The van der Waals surface area contributed by atoms with Gasteiger partial charge in [-0.25, -0.2) is 13.6 Å². The molecule has 0 amide bonds. The molecule has 0 aliphatic carbocycles. The van der Waals surface area contributed by atoms with Crippen molar-refractivity contribution in [3.63, 3.8) is 0 Å². The molecular weight excluding hydrogens is 407 g/mol. The predicted octanol–water partition coefficient (Wildman–Crippen LogP) is 4.50. The summed E-state index contributed by atoms with van der Waals surface area (Å²) in [5.41, 5.74) is 0.982. The molecule has 24 heavy (non-hydrogen) atoms. The zero-order valence-electron chi connectivity index (χ0n) is 15.4. The molecule has 136 valence electrons. The lowest BCUT2D eigenvalue weighted by Gasteiger charge is -2.30. The lowest BCUT2D eigenvalue weighted by Crippen LogP contribution is -2.48. The minimum Gasteiger partial charge on any atom is -0.251 e. The lowest BCUT2D eigenvalue weighted by atomic mass is 10.1. The van der Waals surface area contributed by atoms with Crippen LogP contribution in [0, 0.1) is 5.82 Å². The second-order valence-electron chi connectivity index (χ2n) is 6.72. The number of hydrogen-bond acceptors (Lipinski definition) is 2. The molecule has 0 spiro atoms. The summed E-state index contributed by atoms with van der Waals surface area (Å²) in [6.07, 6.45) is 1.75. The summed E-state index contributed by atoms with van der Waals surface area (Å²) in [4.78, 5) is 4.35. The summed E-state index contributed by atoms with van der Waals surface area (Å²) in [6.45, 7) is 11.8.